The van der Waals surface area contributed by atoms with Gasteiger partial charge in [0.05, 0.1) is 6.10 Å². The first kappa shape index (κ1) is 8.73. The Morgan fingerprint density at radius 2 is 2.57 bits per heavy atom. The second-order valence-corrected chi connectivity index (χ2v) is 5.37. The molecule has 2 saturated heterocycles. The lowest BCUT2D eigenvalue weighted by atomic mass is 9.82. The topological polar surface area (TPSA) is 52.4 Å². The third kappa shape index (κ3) is 0.995. The molecule has 0 aliphatic carbocycles. The molecule has 0 amide bonds. The number of nitro groups is 1. The van der Waals surface area contributed by atoms with Crippen molar-refractivity contribution in [3.63, 3.8) is 0 Å². The molecule has 0 N–H and O–H groups in total. The molecule has 3 aliphatic rings. The first-order valence-corrected chi connectivity index (χ1v) is 5.86. The van der Waals surface area contributed by atoms with Crippen molar-refractivity contribution in [1.82, 2.24) is 0 Å². The van der Waals surface area contributed by atoms with Gasteiger partial charge in [-0.15, -0.1) is 11.8 Å². The average molecular weight is 213 g/mol. The van der Waals surface area contributed by atoms with Crippen LogP contribution < -0.4 is 0 Å². The van der Waals surface area contributed by atoms with Crippen LogP contribution in [0.5, 0.6) is 0 Å². The summed E-state index contributed by atoms with van der Waals surface area (Å²) < 4.78 is 5.86. The Morgan fingerprint density at radius 1 is 1.71 bits per heavy atom. The third-order valence-corrected chi connectivity index (χ3v) is 4.91. The number of ether oxygens (including phenoxy) is 1. The van der Waals surface area contributed by atoms with E-state index < -0.39 is 0 Å². The fourth-order valence-corrected chi connectivity index (χ4v) is 4.44. The number of rotatable bonds is 2. The maximum atomic E-state index is 10.5. The fraction of sp³-hybridized carbons (Fsp3) is 0.778. The maximum Gasteiger partial charge on any atom is 0.218 e. The summed E-state index contributed by atoms with van der Waals surface area (Å²) in [6.07, 6.45) is 5.42. The highest BCUT2D eigenvalue weighted by Gasteiger charge is 2.60. The van der Waals surface area contributed by atoms with E-state index in [4.69, 9.17) is 4.74 Å². The lowest BCUT2D eigenvalue weighted by Crippen LogP contribution is -2.41. The van der Waals surface area contributed by atoms with Gasteiger partial charge in [0.25, 0.3) is 0 Å². The largest absolute Gasteiger partial charge is 0.362 e. The van der Waals surface area contributed by atoms with Crippen molar-refractivity contribution in [3.8, 4) is 0 Å². The van der Waals surface area contributed by atoms with Gasteiger partial charge in [-0.25, -0.2) is 0 Å². The lowest BCUT2D eigenvalue weighted by Gasteiger charge is -2.26. The first-order chi connectivity index (χ1) is 6.71. The van der Waals surface area contributed by atoms with Crippen molar-refractivity contribution in [1.29, 1.82) is 0 Å². The molecule has 0 aromatic carbocycles. The maximum absolute atomic E-state index is 10.5. The number of thioether (sulfide) groups is 1. The van der Waals surface area contributed by atoms with Gasteiger partial charge < -0.3 is 4.74 Å². The molecule has 4 atom stereocenters. The van der Waals surface area contributed by atoms with Crippen LogP contribution in [-0.2, 0) is 4.74 Å². The molecule has 0 radical (unpaired) electrons. The molecule has 0 aromatic heterocycles. The van der Waals surface area contributed by atoms with E-state index in [9.17, 15) is 10.1 Å². The quantitative estimate of drug-likeness (QED) is 0.391. The monoisotopic (exact) mass is 213 g/mol. The van der Waals surface area contributed by atoms with Crippen LogP contribution in [-0.4, -0.2) is 34.2 Å². The second kappa shape index (κ2) is 2.73. The van der Waals surface area contributed by atoms with Gasteiger partial charge in [-0.2, -0.15) is 0 Å². The Bertz CT molecular complexity index is 319. The van der Waals surface area contributed by atoms with Gasteiger partial charge in [0.1, 0.15) is 10.9 Å². The SMILES string of the molecule is O=[N+]([O-])C[C@H]1SC[C@@H]2C[C@H]3C=C[C@]21O3. The molecule has 0 saturated carbocycles. The van der Waals surface area contributed by atoms with Gasteiger partial charge >= 0.3 is 0 Å². The van der Waals surface area contributed by atoms with E-state index >= 15 is 0 Å². The Labute approximate surface area is 85.8 Å². The van der Waals surface area contributed by atoms with Crippen molar-refractivity contribution < 1.29 is 9.66 Å². The predicted octanol–water partition coefficient (Wildman–Crippen LogP) is 1.09. The van der Waals surface area contributed by atoms with Crippen molar-refractivity contribution >= 4 is 11.8 Å². The lowest BCUT2D eigenvalue weighted by molar-refractivity contribution is -0.481. The minimum atomic E-state index is -0.289. The van der Waals surface area contributed by atoms with E-state index in [1.807, 2.05) is 0 Å². The van der Waals surface area contributed by atoms with Crippen LogP contribution in [0.25, 0.3) is 0 Å². The fourth-order valence-electron chi connectivity index (χ4n) is 2.76. The van der Waals surface area contributed by atoms with E-state index in [0.29, 0.717) is 5.92 Å². The molecule has 2 fully saturated rings. The van der Waals surface area contributed by atoms with Crippen molar-refractivity contribution in [3.05, 3.63) is 22.3 Å². The normalized spacial score (nSPS) is 48.4. The number of hydrogen-bond donors (Lipinski definition) is 0. The van der Waals surface area contributed by atoms with E-state index in [2.05, 4.69) is 12.2 Å². The molecule has 1 spiro atoms. The van der Waals surface area contributed by atoms with Crippen LogP contribution in [0.1, 0.15) is 6.42 Å². The van der Waals surface area contributed by atoms with Gasteiger partial charge in [0.2, 0.25) is 6.54 Å². The molecule has 0 unspecified atom stereocenters. The van der Waals surface area contributed by atoms with E-state index in [1.165, 1.54) is 0 Å². The summed E-state index contributed by atoms with van der Waals surface area (Å²) in [4.78, 5) is 10.3. The molecule has 3 heterocycles. The summed E-state index contributed by atoms with van der Waals surface area (Å²) in [6.45, 7) is 0.0260. The van der Waals surface area contributed by atoms with Gasteiger partial charge in [-0.1, -0.05) is 12.2 Å². The molecule has 5 heteroatoms. The first-order valence-electron chi connectivity index (χ1n) is 4.81. The number of fused-ring (bicyclic) bond motifs is 1. The average Bonchev–Trinajstić information content (AvgIpc) is 2.75. The summed E-state index contributed by atoms with van der Waals surface area (Å²) in [6, 6.07) is 0. The van der Waals surface area contributed by atoms with Crippen molar-refractivity contribution in [2.45, 2.75) is 23.4 Å². The highest BCUT2D eigenvalue weighted by molar-refractivity contribution is 8.00. The molecule has 0 aromatic rings. The third-order valence-electron chi connectivity index (χ3n) is 3.40. The summed E-state index contributed by atoms with van der Waals surface area (Å²) in [7, 11) is 0. The molecule has 76 valence electrons. The minimum Gasteiger partial charge on any atom is -0.362 e. The Kier molecular flexibility index (Phi) is 1.70. The van der Waals surface area contributed by atoms with Crippen LogP contribution in [0, 0.1) is 16.0 Å². The molecule has 3 rings (SSSR count). The van der Waals surface area contributed by atoms with Crippen LogP contribution >= 0.6 is 11.8 Å². The predicted molar refractivity (Wildman–Crippen MR) is 53.0 cm³/mol. The van der Waals surface area contributed by atoms with Crippen molar-refractivity contribution in [2.24, 2.45) is 5.92 Å². The minimum absolute atomic E-state index is 0.0197. The molecule has 2 bridgehead atoms. The smallest absolute Gasteiger partial charge is 0.218 e. The van der Waals surface area contributed by atoms with Crippen LogP contribution in [0.4, 0.5) is 0 Å². The molecule has 4 nitrogen and oxygen atoms in total. The van der Waals surface area contributed by atoms with Gasteiger partial charge in [0.15, 0.2) is 0 Å². The highest BCUT2D eigenvalue weighted by Crippen LogP contribution is 2.54. The molecular formula is C9H11NO3S. The highest BCUT2D eigenvalue weighted by atomic mass is 32.2. The van der Waals surface area contributed by atoms with Crippen molar-refractivity contribution in [2.75, 3.05) is 12.3 Å². The van der Waals surface area contributed by atoms with Gasteiger partial charge in [0, 0.05) is 10.8 Å². The zero-order chi connectivity index (χ0) is 9.76. The van der Waals surface area contributed by atoms with Gasteiger partial charge in [-0.05, 0) is 12.2 Å². The Hall–Kier alpha value is -0.550. The summed E-state index contributed by atoms with van der Waals surface area (Å²) in [5.41, 5.74) is -0.289. The molecular weight excluding hydrogens is 202 g/mol. The molecule has 14 heavy (non-hydrogen) atoms. The molecule has 3 aliphatic heterocycles. The number of nitrogens with zero attached hydrogens (tertiary/aromatic N) is 1. The summed E-state index contributed by atoms with van der Waals surface area (Å²) in [5, 5.41) is 10.5. The van der Waals surface area contributed by atoms with E-state index in [0.717, 1.165) is 12.2 Å². The Balaban J connectivity index is 1.88. The van der Waals surface area contributed by atoms with Crippen LogP contribution in [0.3, 0.4) is 0 Å². The zero-order valence-corrected chi connectivity index (χ0v) is 8.40. The van der Waals surface area contributed by atoms with Gasteiger partial charge in [-0.3, -0.25) is 10.1 Å². The van der Waals surface area contributed by atoms with E-state index in [1.54, 1.807) is 11.8 Å². The standard InChI is InChI=1S/C9H11NO3S/c11-10(12)4-8-9-2-1-7(13-9)3-6(9)5-14-8/h1-2,6-8H,3-5H2/t6-,7+,8+,9-/m0/s1. The second-order valence-electron chi connectivity index (χ2n) is 4.14. The van der Waals surface area contributed by atoms with E-state index in [-0.39, 0.29) is 28.4 Å². The van der Waals surface area contributed by atoms with Crippen LogP contribution in [0.2, 0.25) is 0 Å². The number of hydrogen-bond acceptors (Lipinski definition) is 4. The Morgan fingerprint density at radius 3 is 3.29 bits per heavy atom. The summed E-state index contributed by atoms with van der Waals surface area (Å²) >= 11 is 1.69. The zero-order valence-electron chi connectivity index (χ0n) is 7.59. The van der Waals surface area contributed by atoms with Crippen LogP contribution in [0.15, 0.2) is 12.2 Å². The summed E-state index contributed by atoms with van der Waals surface area (Å²) in [5.74, 6) is 1.52.